The van der Waals surface area contributed by atoms with Gasteiger partial charge in [-0.15, -0.1) is 12.4 Å². The van der Waals surface area contributed by atoms with Crippen LogP contribution in [0.25, 0.3) is 10.9 Å². The molecule has 0 amide bonds. The van der Waals surface area contributed by atoms with Gasteiger partial charge in [0.1, 0.15) is 11.9 Å². The molecule has 2 aromatic rings. The second-order valence-corrected chi connectivity index (χ2v) is 5.46. The van der Waals surface area contributed by atoms with Crippen molar-refractivity contribution < 1.29 is 4.74 Å². The Morgan fingerprint density at radius 3 is 2.95 bits per heavy atom. The molecule has 1 saturated carbocycles. The smallest absolute Gasteiger partial charge is 0.123 e. The second-order valence-electron chi connectivity index (χ2n) is 5.46. The highest BCUT2D eigenvalue weighted by Gasteiger charge is 2.26. The fourth-order valence-electron chi connectivity index (χ4n) is 3.03. The zero-order valence-electron chi connectivity index (χ0n) is 11.8. The number of H-pyrrole nitrogens is 1. The summed E-state index contributed by atoms with van der Waals surface area (Å²) >= 11 is 0. The molecule has 0 bridgehead atoms. The van der Waals surface area contributed by atoms with Gasteiger partial charge in [0.25, 0.3) is 0 Å². The maximum Gasteiger partial charge on any atom is 0.123 e. The number of hydrogen-bond donors (Lipinski definition) is 2. The van der Waals surface area contributed by atoms with Crippen LogP contribution < -0.4 is 10.5 Å². The van der Waals surface area contributed by atoms with Crippen molar-refractivity contribution in [2.75, 3.05) is 6.54 Å². The van der Waals surface area contributed by atoms with Crippen molar-refractivity contribution in [1.82, 2.24) is 10.2 Å². The number of nitrogens with two attached hydrogens (primary N) is 1. The van der Waals surface area contributed by atoms with Gasteiger partial charge in [0.15, 0.2) is 0 Å². The van der Waals surface area contributed by atoms with Crippen molar-refractivity contribution in [3.63, 3.8) is 0 Å². The molecule has 0 saturated heterocycles. The molecule has 3 rings (SSSR count). The van der Waals surface area contributed by atoms with Gasteiger partial charge >= 0.3 is 0 Å². The number of benzene rings is 1. The average molecular weight is 296 g/mol. The molecular weight excluding hydrogens is 274 g/mol. The van der Waals surface area contributed by atoms with Gasteiger partial charge in [-0.05, 0) is 44.9 Å². The summed E-state index contributed by atoms with van der Waals surface area (Å²) in [4.78, 5) is 0. The molecule has 110 valence electrons. The predicted octanol–water partition coefficient (Wildman–Crippen LogP) is 3.19. The van der Waals surface area contributed by atoms with E-state index in [0.29, 0.717) is 5.92 Å². The second kappa shape index (κ2) is 6.46. The lowest BCUT2D eigenvalue weighted by molar-refractivity contribution is 0.0965. The number of hydrogen-bond acceptors (Lipinski definition) is 3. The minimum atomic E-state index is 0. The molecule has 5 heteroatoms. The highest BCUT2D eigenvalue weighted by atomic mass is 35.5. The van der Waals surface area contributed by atoms with Gasteiger partial charge < -0.3 is 10.5 Å². The first-order chi connectivity index (χ1) is 9.29. The zero-order valence-corrected chi connectivity index (χ0v) is 12.6. The molecule has 0 radical (unpaired) electrons. The topological polar surface area (TPSA) is 63.9 Å². The summed E-state index contributed by atoms with van der Waals surface area (Å²) in [5.74, 6) is 1.47. The van der Waals surface area contributed by atoms with Crippen molar-refractivity contribution in [3.8, 4) is 5.75 Å². The Bertz CT molecular complexity index is 569. The van der Waals surface area contributed by atoms with Gasteiger partial charge in [-0.1, -0.05) is 6.42 Å². The van der Waals surface area contributed by atoms with E-state index in [1.807, 2.05) is 18.3 Å². The van der Waals surface area contributed by atoms with Crippen LogP contribution in [0.4, 0.5) is 0 Å². The largest absolute Gasteiger partial charge is 0.490 e. The average Bonchev–Trinajstić information content (AvgIpc) is 2.92. The summed E-state index contributed by atoms with van der Waals surface area (Å²) in [6.07, 6.45) is 6.95. The molecule has 1 heterocycles. The van der Waals surface area contributed by atoms with Crippen LogP contribution in [0.2, 0.25) is 0 Å². The van der Waals surface area contributed by atoms with E-state index in [1.54, 1.807) is 0 Å². The summed E-state index contributed by atoms with van der Waals surface area (Å²) in [7, 11) is 0. The van der Waals surface area contributed by atoms with E-state index in [2.05, 4.69) is 17.1 Å². The highest BCUT2D eigenvalue weighted by Crippen LogP contribution is 2.31. The van der Waals surface area contributed by atoms with Gasteiger partial charge in [0.2, 0.25) is 0 Å². The number of fused-ring (bicyclic) bond motifs is 1. The Balaban J connectivity index is 0.00000147. The molecule has 1 aromatic heterocycles. The van der Waals surface area contributed by atoms with E-state index in [9.17, 15) is 0 Å². The third kappa shape index (κ3) is 2.76. The van der Waals surface area contributed by atoms with E-state index in [4.69, 9.17) is 10.5 Å². The number of rotatable bonds is 3. The summed E-state index contributed by atoms with van der Waals surface area (Å²) in [5, 5.41) is 8.20. The van der Waals surface area contributed by atoms with Crippen molar-refractivity contribution in [2.45, 2.75) is 38.7 Å². The molecule has 1 fully saturated rings. The van der Waals surface area contributed by atoms with Crippen LogP contribution in [0.5, 0.6) is 5.75 Å². The molecule has 0 spiro atoms. The number of aromatic amines is 1. The molecular formula is C15H22ClN3O. The summed E-state index contributed by atoms with van der Waals surface area (Å²) in [6, 6.07) is 4.07. The van der Waals surface area contributed by atoms with Crippen LogP contribution in [0.15, 0.2) is 18.3 Å². The third-order valence-corrected chi connectivity index (χ3v) is 4.26. The first-order valence-corrected chi connectivity index (χ1v) is 7.09. The first-order valence-electron chi connectivity index (χ1n) is 7.09. The van der Waals surface area contributed by atoms with E-state index in [-0.39, 0.29) is 18.5 Å². The summed E-state index contributed by atoms with van der Waals surface area (Å²) in [6.45, 7) is 2.81. The van der Waals surface area contributed by atoms with Crippen molar-refractivity contribution in [2.24, 2.45) is 11.7 Å². The summed E-state index contributed by atoms with van der Waals surface area (Å²) in [5.41, 5.74) is 8.08. The van der Waals surface area contributed by atoms with Crippen molar-refractivity contribution >= 4 is 23.3 Å². The SMILES string of the molecule is Cc1c(OC2CCCCC2CN)ccc2[nH]ncc12.Cl. The summed E-state index contributed by atoms with van der Waals surface area (Å²) < 4.78 is 6.25. The predicted molar refractivity (Wildman–Crippen MR) is 83.5 cm³/mol. The fraction of sp³-hybridized carbons (Fsp3) is 0.533. The molecule has 2 atom stereocenters. The zero-order chi connectivity index (χ0) is 13.2. The van der Waals surface area contributed by atoms with Crippen LogP contribution >= 0.6 is 12.4 Å². The monoisotopic (exact) mass is 295 g/mol. The van der Waals surface area contributed by atoms with Crippen LogP contribution in [0.3, 0.4) is 0 Å². The Morgan fingerprint density at radius 2 is 2.15 bits per heavy atom. The number of nitrogens with one attached hydrogen (secondary N) is 1. The molecule has 1 aliphatic rings. The molecule has 3 N–H and O–H groups in total. The Morgan fingerprint density at radius 1 is 1.35 bits per heavy atom. The van der Waals surface area contributed by atoms with Gasteiger partial charge in [0, 0.05) is 16.9 Å². The number of aryl methyl sites for hydroxylation is 1. The molecule has 1 aromatic carbocycles. The minimum Gasteiger partial charge on any atom is -0.490 e. The highest BCUT2D eigenvalue weighted by molar-refractivity contribution is 5.85. The standard InChI is InChI=1S/C15H21N3O.ClH/c1-10-12-9-17-18-13(12)6-7-14(10)19-15-5-3-2-4-11(15)8-16;/h6-7,9,11,15H,2-5,8,16H2,1H3,(H,17,18);1H. The van der Waals surface area contributed by atoms with Crippen LogP contribution in [-0.4, -0.2) is 22.8 Å². The van der Waals surface area contributed by atoms with Gasteiger partial charge in [-0.2, -0.15) is 5.10 Å². The van der Waals surface area contributed by atoms with Gasteiger partial charge in [0.05, 0.1) is 11.7 Å². The Hall–Kier alpha value is -1.26. The quantitative estimate of drug-likeness (QED) is 0.914. The van der Waals surface area contributed by atoms with Crippen LogP contribution in [0.1, 0.15) is 31.2 Å². The maximum absolute atomic E-state index is 6.25. The lowest BCUT2D eigenvalue weighted by Crippen LogP contribution is -2.35. The number of halogens is 1. The lowest BCUT2D eigenvalue weighted by Gasteiger charge is -2.31. The van der Waals surface area contributed by atoms with E-state index in [0.717, 1.165) is 35.2 Å². The molecule has 1 aliphatic carbocycles. The fourth-order valence-corrected chi connectivity index (χ4v) is 3.03. The Labute approximate surface area is 125 Å². The molecule has 2 unspecified atom stereocenters. The van der Waals surface area contributed by atoms with Crippen LogP contribution in [0, 0.1) is 12.8 Å². The maximum atomic E-state index is 6.25. The van der Waals surface area contributed by atoms with E-state index in [1.165, 1.54) is 19.3 Å². The molecule has 4 nitrogen and oxygen atoms in total. The van der Waals surface area contributed by atoms with Crippen molar-refractivity contribution in [1.29, 1.82) is 0 Å². The van der Waals surface area contributed by atoms with E-state index >= 15 is 0 Å². The van der Waals surface area contributed by atoms with Crippen LogP contribution in [-0.2, 0) is 0 Å². The number of aromatic nitrogens is 2. The van der Waals surface area contributed by atoms with Gasteiger partial charge in [-0.25, -0.2) is 0 Å². The third-order valence-electron chi connectivity index (χ3n) is 4.26. The lowest BCUT2D eigenvalue weighted by atomic mass is 9.86. The van der Waals surface area contributed by atoms with Crippen molar-refractivity contribution in [3.05, 3.63) is 23.9 Å². The van der Waals surface area contributed by atoms with Gasteiger partial charge in [-0.3, -0.25) is 5.10 Å². The molecule has 0 aliphatic heterocycles. The Kier molecular flexibility index (Phi) is 4.89. The normalized spacial score (nSPS) is 22.5. The number of ether oxygens (including phenoxy) is 1. The molecule has 20 heavy (non-hydrogen) atoms. The first kappa shape index (κ1) is 15.1. The minimum absolute atomic E-state index is 0. The van der Waals surface area contributed by atoms with E-state index < -0.39 is 0 Å². The number of nitrogens with zero attached hydrogens (tertiary/aromatic N) is 1.